The molecule has 2 aromatic rings. The molecule has 0 saturated heterocycles. The molecule has 0 aliphatic heterocycles. The fraction of sp³-hybridized carbons (Fsp3) is 0.154. The first-order valence-corrected chi connectivity index (χ1v) is 5.24. The van der Waals surface area contributed by atoms with E-state index in [9.17, 15) is 4.39 Å². The van der Waals surface area contributed by atoms with Crippen molar-refractivity contribution in [1.82, 2.24) is 4.57 Å². The lowest BCUT2D eigenvalue weighted by atomic mass is 10.2. The van der Waals surface area contributed by atoms with Gasteiger partial charge in [0.15, 0.2) is 0 Å². The highest BCUT2D eigenvalue weighted by Crippen LogP contribution is 2.14. The van der Waals surface area contributed by atoms with Crippen LogP contribution in [0.2, 0.25) is 0 Å². The van der Waals surface area contributed by atoms with E-state index < -0.39 is 5.82 Å². The molecule has 4 heteroatoms. The number of hydrogen-bond donors (Lipinski definition) is 1. The first-order valence-electron chi connectivity index (χ1n) is 5.24. The molecule has 0 bridgehead atoms. The van der Waals surface area contributed by atoms with Crippen LogP contribution in [0.5, 0.6) is 0 Å². The summed E-state index contributed by atoms with van der Waals surface area (Å²) < 4.78 is 15.1. The molecule has 0 aliphatic rings. The van der Waals surface area contributed by atoms with Gasteiger partial charge in [-0.05, 0) is 30.3 Å². The molecule has 0 radical (unpaired) electrons. The highest BCUT2D eigenvalue weighted by atomic mass is 19.1. The van der Waals surface area contributed by atoms with E-state index in [0.29, 0.717) is 6.54 Å². The van der Waals surface area contributed by atoms with E-state index in [1.54, 1.807) is 6.07 Å². The van der Waals surface area contributed by atoms with E-state index >= 15 is 0 Å². The first-order chi connectivity index (χ1) is 8.20. The zero-order valence-corrected chi connectivity index (χ0v) is 9.44. The molecule has 1 aromatic heterocycles. The number of nitrogens with zero attached hydrogens (tertiary/aromatic N) is 2. The fourth-order valence-electron chi connectivity index (χ4n) is 1.59. The number of aromatic nitrogens is 1. The molecule has 0 amide bonds. The first kappa shape index (κ1) is 11.2. The van der Waals surface area contributed by atoms with Gasteiger partial charge in [0, 0.05) is 24.6 Å². The summed E-state index contributed by atoms with van der Waals surface area (Å²) in [6.45, 7) is 0.639. The zero-order valence-electron chi connectivity index (χ0n) is 9.44. The number of benzene rings is 1. The van der Waals surface area contributed by atoms with Crippen molar-refractivity contribution in [2.45, 2.75) is 6.54 Å². The van der Waals surface area contributed by atoms with Crippen LogP contribution in [0.1, 0.15) is 11.3 Å². The molecular weight excluding hydrogens is 217 g/mol. The van der Waals surface area contributed by atoms with Crippen molar-refractivity contribution in [2.24, 2.45) is 7.05 Å². The summed E-state index contributed by atoms with van der Waals surface area (Å²) in [5, 5.41) is 11.9. The van der Waals surface area contributed by atoms with Crippen molar-refractivity contribution in [2.75, 3.05) is 5.32 Å². The third-order valence-corrected chi connectivity index (χ3v) is 2.61. The van der Waals surface area contributed by atoms with Gasteiger partial charge in [-0.3, -0.25) is 0 Å². The molecule has 17 heavy (non-hydrogen) atoms. The van der Waals surface area contributed by atoms with E-state index in [4.69, 9.17) is 5.26 Å². The van der Waals surface area contributed by atoms with Crippen molar-refractivity contribution >= 4 is 5.69 Å². The van der Waals surface area contributed by atoms with E-state index in [2.05, 4.69) is 5.32 Å². The largest absolute Gasteiger partial charge is 0.379 e. The Balaban J connectivity index is 2.10. The van der Waals surface area contributed by atoms with Gasteiger partial charge in [-0.1, -0.05) is 0 Å². The SMILES string of the molecule is Cn1cccc1CNc1ccc(F)c(C#N)c1. The molecule has 1 N–H and O–H groups in total. The number of nitrogens with one attached hydrogen (secondary N) is 1. The lowest BCUT2D eigenvalue weighted by Gasteiger charge is -2.08. The minimum Gasteiger partial charge on any atom is -0.379 e. The average Bonchev–Trinajstić information content (AvgIpc) is 2.74. The summed E-state index contributed by atoms with van der Waals surface area (Å²) >= 11 is 0. The standard InChI is InChI=1S/C13H12FN3/c1-17-6-2-3-12(17)9-16-11-4-5-13(14)10(7-11)8-15/h2-7,16H,9H2,1H3. The number of nitriles is 1. The van der Waals surface area contributed by atoms with Crippen molar-refractivity contribution < 1.29 is 4.39 Å². The van der Waals surface area contributed by atoms with Gasteiger partial charge in [-0.2, -0.15) is 5.26 Å². The molecule has 0 fully saturated rings. The van der Waals surface area contributed by atoms with Gasteiger partial charge >= 0.3 is 0 Å². The zero-order chi connectivity index (χ0) is 12.3. The van der Waals surface area contributed by atoms with Crippen LogP contribution < -0.4 is 5.32 Å². The van der Waals surface area contributed by atoms with Crippen LogP contribution in [0.25, 0.3) is 0 Å². The van der Waals surface area contributed by atoms with Crippen molar-refractivity contribution in [3.8, 4) is 6.07 Å². The summed E-state index contributed by atoms with van der Waals surface area (Å²) in [7, 11) is 1.96. The molecular formula is C13H12FN3. The topological polar surface area (TPSA) is 40.8 Å². The Labute approximate surface area is 99.1 Å². The maximum Gasteiger partial charge on any atom is 0.141 e. The van der Waals surface area contributed by atoms with Crippen LogP contribution >= 0.6 is 0 Å². The van der Waals surface area contributed by atoms with E-state index in [1.165, 1.54) is 12.1 Å². The quantitative estimate of drug-likeness (QED) is 0.879. The molecule has 3 nitrogen and oxygen atoms in total. The second kappa shape index (κ2) is 4.71. The number of anilines is 1. The Kier molecular flexibility index (Phi) is 3.10. The van der Waals surface area contributed by atoms with E-state index in [1.807, 2.05) is 36.0 Å². The smallest absolute Gasteiger partial charge is 0.141 e. The fourth-order valence-corrected chi connectivity index (χ4v) is 1.59. The van der Waals surface area contributed by atoms with Crippen LogP contribution in [0, 0.1) is 17.1 Å². The molecule has 0 unspecified atom stereocenters. The predicted molar refractivity (Wildman–Crippen MR) is 63.9 cm³/mol. The van der Waals surface area contributed by atoms with Gasteiger partial charge < -0.3 is 9.88 Å². The van der Waals surface area contributed by atoms with Crippen LogP contribution in [0.3, 0.4) is 0 Å². The third kappa shape index (κ3) is 2.45. The van der Waals surface area contributed by atoms with Gasteiger partial charge in [-0.15, -0.1) is 0 Å². The molecule has 0 spiro atoms. The monoisotopic (exact) mass is 229 g/mol. The van der Waals surface area contributed by atoms with Crippen LogP contribution in [0.15, 0.2) is 36.5 Å². The minimum absolute atomic E-state index is 0.0573. The number of hydrogen-bond acceptors (Lipinski definition) is 2. The predicted octanol–water partition coefficient (Wildman–Crippen LogP) is 2.65. The Morgan fingerprint density at radius 2 is 2.24 bits per heavy atom. The molecule has 0 atom stereocenters. The third-order valence-electron chi connectivity index (χ3n) is 2.61. The highest BCUT2D eigenvalue weighted by Gasteiger charge is 2.03. The van der Waals surface area contributed by atoms with Gasteiger partial charge in [0.1, 0.15) is 11.9 Å². The molecule has 0 saturated carbocycles. The molecule has 0 aliphatic carbocycles. The summed E-state index contributed by atoms with van der Waals surface area (Å²) in [5.74, 6) is -0.489. The molecule has 1 aromatic carbocycles. The van der Waals surface area contributed by atoms with Crippen LogP contribution in [-0.2, 0) is 13.6 Å². The summed E-state index contributed by atoms with van der Waals surface area (Å²) in [6.07, 6.45) is 1.96. The van der Waals surface area contributed by atoms with Gasteiger partial charge in [0.2, 0.25) is 0 Å². The highest BCUT2D eigenvalue weighted by molar-refractivity contribution is 5.49. The molecule has 86 valence electrons. The Morgan fingerprint density at radius 1 is 1.41 bits per heavy atom. The van der Waals surface area contributed by atoms with Gasteiger partial charge in [-0.25, -0.2) is 4.39 Å². The second-order valence-corrected chi connectivity index (χ2v) is 3.77. The van der Waals surface area contributed by atoms with Crippen molar-refractivity contribution in [1.29, 1.82) is 5.26 Å². The number of rotatable bonds is 3. The van der Waals surface area contributed by atoms with Crippen LogP contribution in [0.4, 0.5) is 10.1 Å². The average molecular weight is 229 g/mol. The maximum atomic E-state index is 13.1. The van der Waals surface area contributed by atoms with Gasteiger partial charge in [0.05, 0.1) is 12.1 Å². The molecule has 1 heterocycles. The maximum absolute atomic E-state index is 13.1. The Hall–Kier alpha value is -2.28. The van der Waals surface area contributed by atoms with E-state index in [-0.39, 0.29) is 5.56 Å². The molecule has 2 rings (SSSR count). The second-order valence-electron chi connectivity index (χ2n) is 3.77. The van der Waals surface area contributed by atoms with Crippen LogP contribution in [-0.4, -0.2) is 4.57 Å². The summed E-state index contributed by atoms with van der Waals surface area (Å²) in [4.78, 5) is 0. The van der Waals surface area contributed by atoms with Crippen molar-refractivity contribution in [3.05, 3.63) is 53.6 Å². The Bertz CT molecular complexity index is 566. The number of aryl methyl sites for hydroxylation is 1. The number of halogens is 1. The summed E-state index contributed by atoms with van der Waals surface area (Å²) in [5.41, 5.74) is 1.92. The normalized spacial score (nSPS) is 9.94. The minimum atomic E-state index is -0.489. The summed E-state index contributed by atoms with van der Waals surface area (Å²) in [6, 6.07) is 10.2. The van der Waals surface area contributed by atoms with Crippen molar-refractivity contribution in [3.63, 3.8) is 0 Å². The lowest BCUT2D eigenvalue weighted by Crippen LogP contribution is -2.04. The Morgan fingerprint density at radius 3 is 2.88 bits per heavy atom. The lowest BCUT2D eigenvalue weighted by molar-refractivity contribution is 0.624. The van der Waals surface area contributed by atoms with Gasteiger partial charge in [0.25, 0.3) is 0 Å². The van der Waals surface area contributed by atoms with E-state index in [0.717, 1.165) is 11.4 Å².